The fourth-order valence-electron chi connectivity index (χ4n) is 3.52. The van der Waals surface area contributed by atoms with E-state index >= 15 is 0 Å². The number of anilines is 4. The van der Waals surface area contributed by atoms with Crippen LogP contribution in [0.2, 0.25) is 0 Å². The number of amides is 1. The highest BCUT2D eigenvalue weighted by Gasteiger charge is 2.30. The molecule has 0 aliphatic rings. The predicted molar refractivity (Wildman–Crippen MR) is 126 cm³/mol. The summed E-state index contributed by atoms with van der Waals surface area (Å²) >= 11 is 0. The second-order valence-corrected chi connectivity index (χ2v) is 7.62. The highest BCUT2D eigenvalue weighted by molar-refractivity contribution is 6.12. The smallest absolute Gasteiger partial charge is 0.395 e. The van der Waals surface area contributed by atoms with Crippen LogP contribution >= 0.6 is 0 Å². The fraction of sp³-hybridized carbons (Fsp3) is 0.167. The summed E-state index contributed by atoms with van der Waals surface area (Å²) in [5.41, 5.74) is 2.71. The average molecular weight is 469 g/mol. The number of carbonyl (C=O) groups is 1. The molecule has 0 atom stereocenters. The Hall–Kier alpha value is -4.05. The number of aliphatic hydroxyl groups is 1. The molecule has 4 rings (SSSR count). The normalized spacial score (nSPS) is 11.4. The number of alkyl halides is 3. The van der Waals surface area contributed by atoms with Gasteiger partial charge < -0.3 is 26.0 Å². The largest absolute Gasteiger partial charge is 0.416 e. The van der Waals surface area contributed by atoms with Crippen LogP contribution in [-0.2, 0) is 6.18 Å². The summed E-state index contributed by atoms with van der Waals surface area (Å²) in [5.74, 6) is -0.421. The first-order chi connectivity index (χ1) is 16.3. The summed E-state index contributed by atoms with van der Waals surface area (Å²) < 4.78 is 39.0. The summed E-state index contributed by atoms with van der Waals surface area (Å²) in [5, 5.41) is 18.8. The minimum absolute atomic E-state index is 0.113. The molecule has 0 fully saturated rings. The van der Waals surface area contributed by atoms with E-state index in [1.807, 2.05) is 6.92 Å². The fourth-order valence-corrected chi connectivity index (χ4v) is 3.52. The van der Waals surface area contributed by atoms with Crippen molar-refractivity contribution >= 4 is 39.7 Å². The van der Waals surface area contributed by atoms with E-state index in [9.17, 15) is 23.1 Å². The van der Waals surface area contributed by atoms with Gasteiger partial charge in [0.15, 0.2) is 0 Å². The molecular weight excluding hydrogens is 447 g/mol. The van der Waals surface area contributed by atoms with E-state index in [0.717, 1.165) is 17.7 Å². The van der Waals surface area contributed by atoms with Crippen LogP contribution in [-0.4, -0.2) is 34.1 Å². The molecule has 4 aromatic rings. The molecule has 0 saturated heterocycles. The number of carbonyl (C=O) groups excluding carboxylic acids is 1. The Bertz CT molecular complexity index is 1330. The minimum atomic E-state index is -4.44. The summed E-state index contributed by atoms with van der Waals surface area (Å²) in [6.45, 7) is 1.94. The van der Waals surface area contributed by atoms with E-state index < -0.39 is 17.6 Å². The molecule has 2 heterocycles. The number of aromatic nitrogens is 2. The van der Waals surface area contributed by atoms with E-state index in [0.29, 0.717) is 28.1 Å². The maximum Gasteiger partial charge on any atom is 0.416 e. The molecule has 176 valence electrons. The van der Waals surface area contributed by atoms with Crippen molar-refractivity contribution < 1.29 is 23.1 Å². The third-order valence-electron chi connectivity index (χ3n) is 5.21. The zero-order valence-corrected chi connectivity index (χ0v) is 18.1. The molecule has 0 bridgehead atoms. The molecule has 1 amide bonds. The number of pyridine rings is 1. The Morgan fingerprint density at radius 3 is 2.68 bits per heavy atom. The van der Waals surface area contributed by atoms with Gasteiger partial charge in [-0.05, 0) is 48.9 Å². The standard InChI is InChI=1S/C24H22F3N5O2/c1-14-5-6-17(31-16-4-2-3-15(11-16)24(25,26)27)12-20(14)32-23(34)19-13-30-22-18(7-8-29-22)21(19)28-9-10-33/h2-8,11-13,31,33H,9-10H2,1H3,(H,32,34)(H2,28,29,30). The van der Waals surface area contributed by atoms with E-state index in [4.69, 9.17) is 0 Å². The van der Waals surface area contributed by atoms with Crippen molar-refractivity contribution in [2.75, 3.05) is 29.1 Å². The van der Waals surface area contributed by atoms with Crippen LogP contribution in [0.4, 0.5) is 35.9 Å². The molecule has 7 nitrogen and oxygen atoms in total. The molecule has 0 spiro atoms. The van der Waals surface area contributed by atoms with Gasteiger partial charge in [0.05, 0.1) is 23.4 Å². The number of benzene rings is 2. The van der Waals surface area contributed by atoms with Gasteiger partial charge in [-0.1, -0.05) is 12.1 Å². The molecule has 5 N–H and O–H groups in total. The zero-order chi connectivity index (χ0) is 24.3. The number of nitrogens with zero attached hydrogens (tertiary/aromatic N) is 1. The highest BCUT2D eigenvalue weighted by Crippen LogP contribution is 2.32. The van der Waals surface area contributed by atoms with Gasteiger partial charge in [-0.15, -0.1) is 0 Å². The first-order valence-corrected chi connectivity index (χ1v) is 10.4. The summed E-state index contributed by atoms with van der Waals surface area (Å²) in [7, 11) is 0. The molecule has 2 aromatic heterocycles. The van der Waals surface area contributed by atoms with Crippen molar-refractivity contribution in [1.82, 2.24) is 9.97 Å². The van der Waals surface area contributed by atoms with Crippen LogP contribution in [0, 0.1) is 6.92 Å². The van der Waals surface area contributed by atoms with E-state index in [2.05, 4.69) is 25.9 Å². The van der Waals surface area contributed by atoms with Crippen LogP contribution in [0.1, 0.15) is 21.5 Å². The number of hydrogen-bond acceptors (Lipinski definition) is 5. The van der Waals surface area contributed by atoms with Crippen molar-refractivity contribution in [3.05, 3.63) is 77.6 Å². The number of aromatic amines is 1. The highest BCUT2D eigenvalue weighted by atomic mass is 19.4. The molecule has 34 heavy (non-hydrogen) atoms. The Kier molecular flexibility index (Phi) is 6.42. The number of aliphatic hydroxyl groups excluding tert-OH is 1. The first kappa shape index (κ1) is 23.1. The van der Waals surface area contributed by atoms with Gasteiger partial charge in [0.25, 0.3) is 5.91 Å². The summed E-state index contributed by atoms with van der Waals surface area (Å²) in [6.07, 6.45) is -1.30. The average Bonchev–Trinajstić information content (AvgIpc) is 3.28. The monoisotopic (exact) mass is 469 g/mol. The van der Waals surface area contributed by atoms with Crippen LogP contribution in [0.5, 0.6) is 0 Å². The van der Waals surface area contributed by atoms with Crippen molar-refractivity contribution in [3.63, 3.8) is 0 Å². The van der Waals surface area contributed by atoms with E-state index in [1.54, 1.807) is 30.5 Å². The molecule has 10 heteroatoms. The lowest BCUT2D eigenvalue weighted by atomic mass is 10.1. The lowest BCUT2D eigenvalue weighted by Crippen LogP contribution is -2.17. The Balaban J connectivity index is 1.59. The molecule has 0 radical (unpaired) electrons. The number of nitrogens with one attached hydrogen (secondary N) is 4. The molecule has 0 unspecified atom stereocenters. The Morgan fingerprint density at radius 2 is 1.91 bits per heavy atom. The number of halogens is 3. The molecule has 2 aromatic carbocycles. The van der Waals surface area contributed by atoms with Crippen LogP contribution in [0.3, 0.4) is 0 Å². The minimum Gasteiger partial charge on any atom is -0.395 e. The van der Waals surface area contributed by atoms with Crippen LogP contribution in [0.15, 0.2) is 60.9 Å². The molecule has 0 saturated carbocycles. The third-order valence-corrected chi connectivity index (χ3v) is 5.21. The van der Waals surface area contributed by atoms with Gasteiger partial charge in [0.2, 0.25) is 0 Å². The van der Waals surface area contributed by atoms with E-state index in [-0.39, 0.29) is 24.4 Å². The van der Waals surface area contributed by atoms with Gasteiger partial charge in [0, 0.05) is 41.4 Å². The van der Waals surface area contributed by atoms with Gasteiger partial charge in [-0.25, -0.2) is 4.98 Å². The van der Waals surface area contributed by atoms with Crippen LogP contribution < -0.4 is 16.0 Å². The molecule has 0 aliphatic heterocycles. The van der Waals surface area contributed by atoms with Crippen molar-refractivity contribution in [1.29, 1.82) is 0 Å². The van der Waals surface area contributed by atoms with Gasteiger partial charge >= 0.3 is 6.18 Å². The SMILES string of the molecule is Cc1ccc(Nc2cccc(C(F)(F)F)c2)cc1NC(=O)c1cnc2[nH]ccc2c1NCCO. The number of H-pyrrole nitrogens is 1. The Labute approximate surface area is 193 Å². The van der Waals surface area contributed by atoms with Gasteiger partial charge in [-0.2, -0.15) is 13.2 Å². The zero-order valence-electron chi connectivity index (χ0n) is 18.1. The van der Waals surface area contributed by atoms with Crippen LogP contribution in [0.25, 0.3) is 11.0 Å². The lowest BCUT2D eigenvalue weighted by molar-refractivity contribution is -0.137. The second kappa shape index (κ2) is 9.44. The quantitative estimate of drug-likeness (QED) is 0.253. The Morgan fingerprint density at radius 1 is 1.12 bits per heavy atom. The maximum atomic E-state index is 13.1. The second-order valence-electron chi connectivity index (χ2n) is 7.62. The molecule has 0 aliphatic carbocycles. The summed E-state index contributed by atoms with van der Waals surface area (Å²) in [4.78, 5) is 20.4. The lowest BCUT2D eigenvalue weighted by Gasteiger charge is -2.15. The predicted octanol–water partition coefficient (Wildman–Crippen LogP) is 5.29. The number of aryl methyl sites for hydroxylation is 1. The number of hydrogen-bond donors (Lipinski definition) is 5. The number of fused-ring (bicyclic) bond motifs is 1. The van der Waals surface area contributed by atoms with Crippen molar-refractivity contribution in [2.24, 2.45) is 0 Å². The van der Waals surface area contributed by atoms with Crippen molar-refractivity contribution in [3.8, 4) is 0 Å². The summed E-state index contributed by atoms with van der Waals surface area (Å²) in [6, 6.07) is 11.8. The maximum absolute atomic E-state index is 13.1. The van der Waals surface area contributed by atoms with Gasteiger partial charge in [-0.3, -0.25) is 4.79 Å². The van der Waals surface area contributed by atoms with Crippen molar-refractivity contribution in [2.45, 2.75) is 13.1 Å². The third kappa shape index (κ3) is 4.96. The number of rotatable bonds is 7. The molecular formula is C24H22F3N5O2. The topological polar surface area (TPSA) is 102 Å². The van der Waals surface area contributed by atoms with Gasteiger partial charge in [0.1, 0.15) is 5.65 Å². The van der Waals surface area contributed by atoms with E-state index in [1.165, 1.54) is 18.3 Å². The first-order valence-electron chi connectivity index (χ1n) is 10.4.